The van der Waals surface area contributed by atoms with Crippen molar-refractivity contribution in [1.29, 1.82) is 0 Å². The molecule has 0 aliphatic rings. The maximum atomic E-state index is 10.7. The Kier molecular flexibility index (Phi) is 3.34. The summed E-state index contributed by atoms with van der Waals surface area (Å²) in [5.74, 6) is 0.199. The number of carbonyl (C=O) groups is 1. The van der Waals surface area contributed by atoms with Crippen LogP contribution in [0.1, 0.15) is 10.4 Å². The summed E-state index contributed by atoms with van der Waals surface area (Å²) in [6.07, 6.45) is 0. The van der Waals surface area contributed by atoms with Gasteiger partial charge in [-0.15, -0.1) is 0 Å². The SMILES string of the molecule is COBOc1ccc(C(N)=O)cc1. The molecule has 1 aromatic rings. The van der Waals surface area contributed by atoms with Crippen molar-refractivity contribution in [2.45, 2.75) is 0 Å². The molecule has 0 aromatic heterocycles. The van der Waals surface area contributed by atoms with Gasteiger partial charge in [-0.2, -0.15) is 0 Å². The fourth-order valence-electron chi connectivity index (χ4n) is 0.842. The molecule has 4 nitrogen and oxygen atoms in total. The second kappa shape index (κ2) is 4.52. The zero-order valence-electron chi connectivity index (χ0n) is 7.32. The van der Waals surface area contributed by atoms with Crippen LogP contribution >= 0.6 is 0 Å². The maximum Gasteiger partial charge on any atom is 0.506 e. The molecule has 5 heteroatoms. The van der Waals surface area contributed by atoms with Crippen molar-refractivity contribution in [3.8, 4) is 5.75 Å². The lowest BCUT2D eigenvalue weighted by Crippen LogP contribution is -2.10. The molecule has 0 saturated carbocycles. The Balaban J connectivity index is 2.64. The van der Waals surface area contributed by atoms with Crippen molar-refractivity contribution in [3.63, 3.8) is 0 Å². The summed E-state index contributed by atoms with van der Waals surface area (Å²) in [6.45, 7) is 0. The van der Waals surface area contributed by atoms with Gasteiger partial charge in [0.15, 0.2) is 0 Å². The Labute approximate surface area is 76.9 Å². The lowest BCUT2D eigenvalue weighted by atomic mass is 10.2. The minimum atomic E-state index is -0.446. The van der Waals surface area contributed by atoms with E-state index in [0.717, 1.165) is 0 Å². The summed E-state index contributed by atoms with van der Waals surface area (Å²) in [4.78, 5) is 10.7. The predicted octanol–water partition coefficient (Wildman–Crippen LogP) is 0.0772. The van der Waals surface area contributed by atoms with Gasteiger partial charge in [-0.1, -0.05) is 0 Å². The third kappa shape index (κ3) is 2.80. The summed E-state index contributed by atoms with van der Waals surface area (Å²) in [7, 11) is 1.73. The molecule has 0 atom stereocenters. The van der Waals surface area contributed by atoms with Crippen LogP contribution < -0.4 is 10.4 Å². The number of nitrogens with two attached hydrogens (primary N) is 1. The second-order valence-corrected chi connectivity index (χ2v) is 2.44. The van der Waals surface area contributed by atoms with Crippen LogP contribution in [-0.4, -0.2) is 20.7 Å². The zero-order valence-corrected chi connectivity index (χ0v) is 7.32. The average molecular weight is 179 g/mol. The minimum Gasteiger partial charge on any atom is -0.539 e. The molecule has 0 aliphatic carbocycles. The van der Waals surface area contributed by atoms with E-state index in [0.29, 0.717) is 11.3 Å². The van der Waals surface area contributed by atoms with E-state index in [9.17, 15) is 4.79 Å². The first-order chi connectivity index (χ1) is 6.24. The molecule has 0 saturated heterocycles. The molecule has 1 aromatic carbocycles. The Hall–Kier alpha value is -1.49. The molecule has 0 unspecified atom stereocenters. The fraction of sp³-hybridized carbons (Fsp3) is 0.125. The van der Waals surface area contributed by atoms with Gasteiger partial charge < -0.3 is 15.0 Å². The van der Waals surface area contributed by atoms with Crippen LogP contribution in [-0.2, 0) is 4.65 Å². The summed E-state index contributed by atoms with van der Waals surface area (Å²) < 4.78 is 9.83. The smallest absolute Gasteiger partial charge is 0.506 e. The molecular formula is C8H10BNO3. The van der Waals surface area contributed by atoms with Gasteiger partial charge in [0.1, 0.15) is 5.75 Å². The van der Waals surface area contributed by atoms with Crippen LogP contribution in [0, 0.1) is 0 Å². The van der Waals surface area contributed by atoms with Crippen molar-refractivity contribution in [2.75, 3.05) is 7.11 Å². The summed E-state index contributed by atoms with van der Waals surface area (Å²) >= 11 is 0. The predicted molar refractivity (Wildman–Crippen MR) is 49.7 cm³/mol. The maximum absolute atomic E-state index is 10.7. The molecule has 0 bridgehead atoms. The molecule has 13 heavy (non-hydrogen) atoms. The van der Waals surface area contributed by atoms with Gasteiger partial charge in [-0.05, 0) is 24.3 Å². The Morgan fingerprint density at radius 1 is 1.38 bits per heavy atom. The number of hydrogen-bond donors (Lipinski definition) is 1. The number of amides is 1. The van der Waals surface area contributed by atoms with Gasteiger partial charge in [0.05, 0.1) is 0 Å². The Morgan fingerprint density at radius 3 is 2.46 bits per heavy atom. The quantitative estimate of drug-likeness (QED) is 0.665. The highest BCUT2D eigenvalue weighted by molar-refractivity contribution is 6.19. The minimum absolute atomic E-state index is 0.190. The molecule has 0 fully saturated rings. The van der Waals surface area contributed by atoms with Crippen molar-refractivity contribution in [2.24, 2.45) is 5.73 Å². The number of hydrogen-bond acceptors (Lipinski definition) is 3. The van der Waals surface area contributed by atoms with Gasteiger partial charge in [0.2, 0.25) is 5.91 Å². The van der Waals surface area contributed by atoms with Gasteiger partial charge >= 0.3 is 7.69 Å². The topological polar surface area (TPSA) is 61.6 Å². The van der Waals surface area contributed by atoms with Crippen LogP contribution in [0.15, 0.2) is 24.3 Å². The summed E-state index contributed by atoms with van der Waals surface area (Å²) in [5, 5.41) is 0. The average Bonchev–Trinajstić information content (AvgIpc) is 2.15. The highest BCUT2D eigenvalue weighted by atomic mass is 16.6. The first-order valence-electron chi connectivity index (χ1n) is 3.75. The van der Waals surface area contributed by atoms with E-state index < -0.39 is 5.91 Å². The molecule has 2 N–H and O–H groups in total. The highest BCUT2D eigenvalue weighted by Gasteiger charge is 1.99. The van der Waals surface area contributed by atoms with Gasteiger partial charge in [0, 0.05) is 12.7 Å². The van der Waals surface area contributed by atoms with E-state index in [1.165, 1.54) is 7.11 Å². The van der Waals surface area contributed by atoms with Crippen LogP contribution in [0.3, 0.4) is 0 Å². The van der Waals surface area contributed by atoms with Crippen LogP contribution in [0.4, 0.5) is 0 Å². The van der Waals surface area contributed by atoms with E-state index in [1.54, 1.807) is 24.3 Å². The number of carbonyl (C=O) groups excluding carboxylic acids is 1. The summed E-state index contributed by atoms with van der Waals surface area (Å²) in [6, 6.07) is 6.54. The van der Waals surface area contributed by atoms with E-state index in [2.05, 4.69) is 0 Å². The van der Waals surface area contributed by atoms with Gasteiger partial charge in [-0.3, -0.25) is 4.79 Å². The second-order valence-electron chi connectivity index (χ2n) is 2.44. The lowest BCUT2D eigenvalue weighted by Gasteiger charge is -2.03. The van der Waals surface area contributed by atoms with Crippen molar-refractivity contribution < 1.29 is 14.1 Å². The molecule has 1 rings (SSSR count). The van der Waals surface area contributed by atoms with E-state index in [-0.39, 0.29) is 7.69 Å². The summed E-state index contributed by atoms with van der Waals surface area (Å²) in [5.41, 5.74) is 5.52. The van der Waals surface area contributed by atoms with Crippen molar-refractivity contribution >= 4 is 13.6 Å². The standard InChI is InChI=1S/C8H10BNO3/c1-12-9-13-7-4-2-6(3-5-7)8(10)11/h2-5,9H,1H3,(H2,10,11). The normalized spacial score (nSPS) is 9.31. The first kappa shape index (κ1) is 9.60. The molecule has 68 valence electrons. The lowest BCUT2D eigenvalue weighted by molar-refractivity contribution is 0.100. The number of rotatable bonds is 4. The first-order valence-corrected chi connectivity index (χ1v) is 3.75. The zero-order chi connectivity index (χ0) is 9.68. The monoisotopic (exact) mass is 179 g/mol. The Bertz CT molecular complexity index is 286. The fourth-order valence-corrected chi connectivity index (χ4v) is 0.842. The van der Waals surface area contributed by atoms with E-state index in [1.807, 2.05) is 0 Å². The third-order valence-corrected chi connectivity index (χ3v) is 1.48. The van der Waals surface area contributed by atoms with E-state index >= 15 is 0 Å². The Morgan fingerprint density at radius 2 is 2.00 bits per heavy atom. The molecule has 0 heterocycles. The third-order valence-electron chi connectivity index (χ3n) is 1.48. The van der Waals surface area contributed by atoms with Crippen LogP contribution in [0.5, 0.6) is 5.75 Å². The molecular weight excluding hydrogens is 169 g/mol. The van der Waals surface area contributed by atoms with Gasteiger partial charge in [-0.25, -0.2) is 0 Å². The van der Waals surface area contributed by atoms with Gasteiger partial charge in [0.25, 0.3) is 0 Å². The molecule has 0 aliphatic heterocycles. The largest absolute Gasteiger partial charge is 0.539 e. The van der Waals surface area contributed by atoms with Crippen molar-refractivity contribution in [3.05, 3.63) is 29.8 Å². The highest BCUT2D eigenvalue weighted by Crippen LogP contribution is 2.10. The molecule has 0 radical (unpaired) electrons. The number of benzene rings is 1. The van der Waals surface area contributed by atoms with Crippen LogP contribution in [0.25, 0.3) is 0 Å². The van der Waals surface area contributed by atoms with Crippen molar-refractivity contribution in [1.82, 2.24) is 0 Å². The van der Waals surface area contributed by atoms with Crippen LogP contribution in [0.2, 0.25) is 0 Å². The number of primary amides is 1. The molecule has 1 amide bonds. The van der Waals surface area contributed by atoms with E-state index in [4.69, 9.17) is 15.0 Å². The molecule has 0 spiro atoms.